The van der Waals surface area contributed by atoms with Gasteiger partial charge in [0.05, 0.1) is 44.8 Å². The summed E-state index contributed by atoms with van der Waals surface area (Å²) in [6, 6.07) is 59.1. The van der Waals surface area contributed by atoms with Gasteiger partial charge in [-0.05, 0) is 47.2 Å². The van der Waals surface area contributed by atoms with Crippen molar-refractivity contribution in [1.82, 2.24) is 19.9 Å². The van der Waals surface area contributed by atoms with Gasteiger partial charge < -0.3 is 0 Å². The first-order valence-corrected chi connectivity index (χ1v) is 16.8. The topological polar surface area (TPSA) is 51.6 Å². The highest BCUT2D eigenvalue weighted by Gasteiger charge is 2.12. The van der Waals surface area contributed by atoms with Crippen LogP contribution in [0, 0.1) is 0 Å². The number of rotatable bonds is 4. The molecule has 0 saturated heterocycles. The van der Waals surface area contributed by atoms with Gasteiger partial charge in [0.25, 0.3) is 0 Å². The molecule has 50 heavy (non-hydrogen) atoms. The first-order chi connectivity index (χ1) is 24.7. The van der Waals surface area contributed by atoms with Crippen LogP contribution in [0.15, 0.2) is 170 Å². The third-order valence-corrected chi connectivity index (χ3v) is 9.61. The number of hydrogen-bond donors (Lipinski definition) is 0. The standard InChI is InChI=1S/C46H28N4/c1-2-8-30(9-3-1)39-23-19-31-14-15-32-20-24-40(48-44(32)43(31)47-39)36-11-6-12-37(28-36)41-25-21-33-16-17-34-22-26-42(50-46(34)45(33)49-41)38-18-13-29-7-4-5-10-35(29)27-38/h1-28H. The van der Waals surface area contributed by atoms with E-state index >= 15 is 0 Å². The average Bonchev–Trinajstić information content (AvgIpc) is 3.20. The van der Waals surface area contributed by atoms with Gasteiger partial charge in [0, 0.05) is 43.8 Å². The molecule has 0 unspecified atom stereocenters. The SMILES string of the molecule is c1ccc(-c2ccc3ccc4ccc(-c5cccc(-c6ccc7ccc8ccc(-c9ccc%10ccccc%10c9)nc8c7n6)c5)nc4c3n2)cc1. The van der Waals surface area contributed by atoms with E-state index in [1.807, 2.05) is 18.2 Å². The lowest BCUT2D eigenvalue weighted by molar-refractivity contribution is 1.35. The minimum atomic E-state index is 0.892. The van der Waals surface area contributed by atoms with Crippen LogP contribution in [0.4, 0.5) is 0 Å². The van der Waals surface area contributed by atoms with E-state index in [4.69, 9.17) is 19.9 Å². The zero-order valence-corrected chi connectivity index (χ0v) is 27.0. The molecule has 0 fully saturated rings. The molecule has 4 heterocycles. The quantitative estimate of drug-likeness (QED) is 0.180. The Kier molecular flexibility index (Phi) is 6.46. The maximum atomic E-state index is 5.23. The summed E-state index contributed by atoms with van der Waals surface area (Å²) in [7, 11) is 0. The Labute approximate surface area is 288 Å². The van der Waals surface area contributed by atoms with Gasteiger partial charge in [-0.25, -0.2) is 19.9 Å². The molecule has 232 valence electrons. The Bertz CT molecular complexity index is 2930. The van der Waals surface area contributed by atoms with E-state index in [0.29, 0.717) is 0 Å². The van der Waals surface area contributed by atoms with E-state index < -0.39 is 0 Å². The van der Waals surface area contributed by atoms with E-state index in [0.717, 1.165) is 88.6 Å². The van der Waals surface area contributed by atoms with Gasteiger partial charge in [0.15, 0.2) is 0 Å². The number of hydrogen-bond acceptors (Lipinski definition) is 4. The minimum absolute atomic E-state index is 0.892. The van der Waals surface area contributed by atoms with Crippen molar-refractivity contribution in [2.45, 2.75) is 0 Å². The summed E-state index contributed by atoms with van der Waals surface area (Å²) in [5.74, 6) is 0. The molecule has 10 aromatic rings. The first kappa shape index (κ1) is 28.3. The summed E-state index contributed by atoms with van der Waals surface area (Å²) in [5.41, 5.74) is 11.5. The third kappa shape index (κ3) is 4.85. The molecule has 0 aliphatic heterocycles. The van der Waals surface area contributed by atoms with Gasteiger partial charge in [-0.2, -0.15) is 0 Å². The van der Waals surface area contributed by atoms with Crippen molar-refractivity contribution >= 4 is 54.4 Å². The second-order valence-corrected chi connectivity index (χ2v) is 12.7. The zero-order valence-electron chi connectivity index (χ0n) is 27.0. The van der Waals surface area contributed by atoms with Crippen molar-refractivity contribution < 1.29 is 0 Å². The molecule has 0 N–H and O–H groups in total. The first-order valence-electron chi connectivity index (χ1n) is 16.8. The van der Waals surface area contributed by atoms with Crippen LogP contribution in [0.3, 0.4) is 0 Å². The van der Waals surface area contributed by atoms with Gasteiger partial charge >= 0.3 is 0 Å². The fraction of sp³-hybridized carbons (Fsp3) is 0. The second-order valence-electron chi connectivity index (χ2n) is 12.7. The van der Waals surface area contributed by atoms with E-state index in [-0.39, 0.29) is 0 Å². The lowest BCUT2D eigenvalue weighted by Crippen LogP contribution is -1.92. The van der Waals surface area contributed by atoms with Crippen molar-refractivity contribution in [3.8, 4) is 45.0 Å². The minimum Gasteiger partial charge on any atom is -0.245 e. The zero-order chi connectivity index (χ0) is 33.0. The van der Waals surface area contributed by atoms with Crippen molar-refractivity contribution in [3.63, 3.8) is 0 Å². The van der Waals surface area contributed by atoms with Crippen molar-refractivity contribution in [3.05, 3.63) is 170 Å². The number of aromatic nitrogens is 4. The second kappa shape index (κ2) is 11.4. The molecule has 4 aromatic heterocycles. The Morgan fingerprint density at radius 1 is 0.220 bits per heavy atom. The number of fused-ring (bicyclic) bond motifs is 7. The Balaban J connectivity index is 1.06. The van der Waals surface area contributed by atoms with Gasteiger partial charge in [-0.1, -0.05) is 133 Å². The molecule has 0 radical (unpaired) electrons. The molecule has 4 nitrogen and oxygen atoms in total. The van der Waals surface area contributed by atoms with Crippen LogP contribution >= 0.6 is 0 Å². The molecule has 0 saturated carbocycles. The number of benzene rings is 6. The molecule has 0 atom stereocenters. The van der Waals surface area contributed by atoms with Crippen LogP contribution in [0.5, 0.6) is 0 Å². The fourth-order valence-electron chi connectivity index (χ4n) is 6.97. The van der Waals surface area contributed by atoms with Crippen molar-refractivity contribution in [2.24, 2.45) is 0 Å². The maximum absolute atomic E-state index is 5.23. The smallest absolute Gasteiger partial charge is 0.0972 e. The molecule has 0 amide bonds. The number of nitrogens with zero attached hydrogens (tertiary/aromatic N) is 4. The molecule has 10 rings (SSSR count). The van der Waals surface area contributed by atoms with Crippen LogP contribution in [-0.2, 0) is 0 Å². The molecule has 0 aliphatic rings. The van der Waals surface area contributed by atoms with Crippen molar-refractivity contribution in [1.29, 1.82) is 0 Å². The lowest BCUT2D eigenvalue weighted by atomic mass is 10.0. The van der Waals surface area contributed by atoms with E-state index in [1.54, 1.807) is 0 Å². The lowest BCUT2D eigenvalue weighted by Gasteiger charge is -2.10. The Morgan fingerprint density at radius 2 is 0.580 bits per heavy atom. The molecule has 0 bridgehead atoms. The van der Waals surface area contributed by atoms with Crippen LogP contribution in [0.1, 0.15) is 0 Å². The average molecular weight is 637 g/mol. The predicted octanol–water partition coefficient (Wildman–Crippen LogP) is 11.7. The summed E-state index contributed by atoms with van der Waals surface area (Å²) in [4.78, 5) is 20.7. The third-order valence-electron chi connectivity index (χ3n) is 9.61. The van der Waals surface area contributed by atoms with Crippen LogP contribution in [0.2, 0.25) is 0 Å². The van der Waals surface area contributed by atoms with Gasteiger partial charge in [-0.15, -0.1) is 0 Å². The highest BCUT2D eigenvalue weighted by Crippen LogP contribution is 2.33. The van der Waals surface area contributed by atoms with Gasteiger partial charge in [-0.3, -0.25) is 0 Å². The predicted molar refractivity (Wildman–Crippen MR) is 207 cm³/mol. The van der Waals surface area contributed by atoms with E-state index in [9.17, 15) is 0 Å². The fourth-order valence-corrected chi connectivity index (χ4v) is 6.97. The molecule has 4 heteroatoms. The monoisotopic (exact) mass is 636 g/mol. The Hall–Kier alpha value is -6.78. The molecular formula is C46H28N4. The van der Waals surface area contributed by atoms with Crippen LogP contribution in [0.25, 0.3) is 99.4 Å². The van der Waals surface area contributed by atoms with E-state index in [2.05, 4.69) is 152 Å². The van der Waals surface area contributed by atoms with E-state index in [1.165, 1.54) is 10.8 Å². The summed E-state index contributed by atoms with van der Waals surface area (Å²) in [5, 5.41) is 6.68. The molecule has 0 aliphatic carbocycles. The Morgan fingerprint density at radius 3 is 1.08 bits per heavy atom. The molecular weight excluding hydrogens is 609 g/mol. The van der Waals surface area contributed by atoms with Crippen LogP contribution < -0.4 is 0 Å². The molecule has 6 aromatic carbocycles. The largest absolute Gasteiger partial charge is 0.245 e. The van der Waals surface area contributed by atoms with Crippen LogP contribution in [-0.4, -0.2) is 19.9 Å². The van der Waals surface area contributed by atoms with Gasteiger partial charge in [0.2, 0.25) is 0 Å². The van der Waals surface area contributed by atoms with Crippen molar-refractivity contribution in [2.75, 3.05) is 0 Å². The summed E-state index contributed by atoms with van der Waals surface area (Å²) < 4.78 is 0. The highest BCUT2D eigenvalue weighted by molar-refractivity contribution is 6.05. The van der Waals surface area contributed by atoms with Gasteiger partial charge in [0.1, 0.15) is 0 Å². The summed E-state index contributed by atoms with van der Waals surface area (Å²) in [6.45, 7) is 0. The normalized spacial score (nSPS) is 11.6. The maximum Gasteiger partial charge on any atom is 0.0972 e. The summed E-state index contributed by atoms with van der Waals surface area (Å²) in [6.07, 6.45) is 0. The number of pyridine rings is 4. The highest BCUT2D eigenvalue weighted by atomic mass is 14.8. The molecule has 0 spiro atoms. The summed E-state index contributed by atoms with van der Waals surface area (Å²) >= 11 is 0.